The minimum absolute atomic E-state index is 0.266. The van der Waals surface area contributed by atoms with Gasteiger partial charge in [0.25, 0.3) is 0 Å². The lowest BCUT2D eigenvalue weighted by Crippen LogP contribution is -2.45. The highest BCUT2D eigenvalue weighted by Gasteiger charge is 2.20. The number of benzene rings is 1. The van der Waals surface area contributed by atoms with Crippen LogP contribution in [0.3, 0.4) is 0 Å². The predicted octanol–water partition coefficient (Wildman–Crippen LogP) is 2.75. The van der Waals surface area contributed by atoms with Gasteiger partial charge in [-0.1, -0.05) is 18.6 Å². The van der Waals surface area contributed by atoms with E-state index in [-0.39, 0.29) is 5.75 Å². The Hall–Kier alpha value is -1.26. The fraction of sp³-hybridized carbons (Fsp3) is 0.647. The second-order valence-electron chi connectivity index (χ2n) is 6.14. The monoisotopic (exact) mass is 292 g/mol. The van der Waals surface area contributed by atoms with Crippen LogP contribution >= 0.6 is 0 Å². The smallest absolute Gasteiger partial charge is 0.162 e. The second kappa shape index (κ2) is 7.66. The number of phenolic OH excluding ortho intramolecular Hbond substituents is 1. The highest BCUT2D eigenvalue weighted by Crippen LogP contribution is 2.30. The predicted molar refractivity (Wildman–Crippen MR) is 85.8 cm³/mol. The summed E-state index contributed by atoms with van der Waals surface area (Å²) < 4.78 is 5.20. The van der Waals surface area contributed by atoms with Gasteiger partial charge in [-0.2, -0.15) is 0 Å². The minimum atomic E-state index is 0.266. The van der Waals surface area contributed by atoms with Gasteiger partial charge in [-0.15, -0.1) is 0 Å². The lowest BCUT2D eigenvalue weighted by Gasteiger charge is -2.33. The third kappa shape index (κ3) is 4.35. The summed E-state index contributed by atoms with van der Waals surface area (Å²) in [6, 6.07) is 6.71. The molecule has 4 heteroatoms. The number of nitrogens with one attached hydrogen (secondary N) is 1. The zero-order valence-electron chi connectivity index (χ0n) is 13.4. The van der Waals surface area contributed by atoms with Crippen molar-refractivity contribution >= 4 is 0 Å². The second-order valence-corrected chi connectivity index (χ2v) is 6.14. The Bertz CT molecular complexity index is 442. The van der Waals surface area contributed by atoms with E-state index in [0.29, 0.717) is 17.8 Å². The van der Waals surface area contributed by atoms with Crippen LogP contribution in [0.25, 0.3) is 0 Å². The molecule has 1 fully saturated rings. The maximum Gasteiger partial charge on any atom is 0.162 e. The molecular weight excluding hydrogens is 264 g/mol. The Balaban J connectivity index is 2.05. The van der Waals surface area contributed by atoms with E-state index in [0.717, 1.165) is 25.2 Å². The summed E-state index contributed by atoms with van der Waals surface area (Å²) >= 11 is 0. The molecule has 21 heavy (non-hydrogen) atoms. The summed E-state index contributed by atoms with van der Waals surface area (Å²) in [5.41, 5.74) is 0.929. The Kier molecular flexibility index (Phi) is 5.88. The van der Waals surface area contributed by atoms with E-state index >= 15 is 0 Å². The number of piperidine rings is 1. The van der Waals surface area contributed by atoms with Crippen LogP contribution in [0.1, 0.15) is 38.7 Å². The molecule has 1 aliphatic rings. The van der Waals surface area contributed by atoms with Crippen LogP contribution in [0.2, 0.25) is 0 Å². The van der Waals surface area contributed by atoms with Gasteiger partial charge in [0.2, 0.25) is 0 Å². The van der Waals surface area contributed by atoms with Crippen LogP contribution in [0, 0.1) is 0 Å². The van der Waals surface area contributed by atoms with Crippen LogP contribution in [0.15, 0.2) is 18.2 Å². The molecule has 1 aromatic carbocycles. The topological polar surface area (TPSA) is 44.7 Å². The van der Waals surface area contributed by atoms with Crippen molar-refractivity contribution in [1.82, 2.24) is 10.2 Å². The molecule has 2 rings (SSSR count). The van der Waals surface area contributed by atoms with E-state index in [2.05, 4.69) is 24.1 Å². The highest BCUT2D eigenvalue weighted by atomic mass is 16.5. The Labute approximate surface area is 128 Å². The van der Waals surface area contributed by atoms with Gasteiger partial charge >= 0.3 is 0 Å². The van der Waals surface area contributed by atoms with Crippen LogP contribution in [0.4, 0.5) is 0 Å². The number of rotatable bonds is 6. The van der Waals surface area contributed by atoms with Crippen molar-refractivity contribution in [3.8, 4) is 11.5 Å². The number of hydrogen-bond donors (Lipinski definition) is 2. The lowest BCUT2D eigenvalue weighted by molar-refractivity contribution is 0.175. The molecule has 118 valence electrons. The largest absolute Gasteiger partial charge is 0.504 e. The Morgan fingerprint density at radius 1 is 1.38 bits per heavy atom. The molecule has 0 bridgehead atoms. The van der Waals surface area contributed by atoms with Crippen molar-refractivity contribution in [3.63, 3.8) is 0 Å². The van der Waals surface area contributed by atoms with Gasteiger partial charge in [0.15, 0.2) is 11.5 Å². The molecule has 1 aliphatic heterocycles. The molecular formula is C17H28N2O2. The number of para-hydroxylation sites is 1. The van der Waals surface area contributed by atoms with Gasteiger partial charge in [0.1, 0.15) is 0 Å². The number of phenols is 1. The fourth-order valence-electron chi connectivity index (χ4n) is 2.90. The normalized spacial score (nSPS) is 19.2. The van der Waals surface area contributed by atoms with Crippen LogP contribution < -0.4 is 10.1 Å². The average Bonchev–Trinajstić information content (AvgIpc) is 2.49. The van der Waals surface area contributed by atoms with Crippen molar-refractivity contribution in [2.24, 2.45) is 0 Å². The first-order chi connectivity index (χ1) is 10.1. The molecule has 0 amide bonds. The molecule has 1 atom stereocenters. The standard InChI is InChI=1S/C17H28N2O2/c1-13(2)19(12-15-8-4-5-10-18-15)11-14-7-6-9-16(21-3)17(14)20/h6-7,9,13,15,18,20H,4-5,8,10-12H2,1-3H3. The summed E-state index contributed by atoms with van der Waals surface area (Å²) in [5, 5.41) is 13.9. The average molecular weight is 292 g/mol. The number of aromatic hydroxyl groups is 1. The minimum Gasteiger partial charge on any atom is -0.504 e. The van der Waals surface area contributed by atoms with Gasteiger partial charge in [-0.3, -0.25) is 4.90 Å². The molecule has 0 aromatic heterocycles. The molecule has 0 radical (unpaired) electrons. The van der Waals surface area contributed by atoms with Gasteiger partial charge in [-0.05, 0) is 39.3 Å². The van der Waals surface area contributed by atoms with E-state index < -0.39 is 0 Å². The number of methoxy groups -OCH3 is 1. The van der Waals surface area contributed by atoms with E-state index in [4.69, 9.17) is 4.74 Å². The van der Waals surface area contributed by atoms with Crippen LogP contribution in [-0.4, -0.2) is 42.3 Å². The van der Waals surface area contributed by atoms with Gasteiger partial charge in [0.05, 0.1) is 7.11 Å². The first kappa shape index (κ1) is 16.1. The number of nitrogens with zero attached hydrogens (tertiary/aromatic N) is 1. The van der Waals surface area contributed by atoms with Gasteiger partial charge in [0, 0.05) is 30.7 Å². The summed E-state index contributed by atoms with van der Waals surface area (Å²) in [7, 11) is 1.59. The third-order valence-corrected chi connectivity index (χ3v) is 4.27. The molecule has 2 N–H and O–H groups in total. The SMILES string of the molecule is COc1cccc(CN(CC2CCCCN2)C(C)C)c1O. The van der Waals surface area contributed by atoms with E-state index in [1.54, 1.807) is 13.2 Å². The first-order valence-corrected chi connectivity index (χ1v) is 7.94. The fourth-order valence-corrected chi connectivity index (χ4v) is 2.90. The molecule has 0 aliphatic carbocycles. The molecule has 0 spiro atoms. The van der Waals surface area contributed by atoms with Crippen molar-refractivity contribution in [3.05, 3.63) is 23.8 Å². The Morgan fingerprint density at radius 3 is 2.81 bits per heavy atom. The van der Waals surface area contributed by atoms with Crippen molar-refractivity contribution in [2.75, 3.05) is 20.2 Å². The molecule has 0 saturated carbocycles. The quantitative estimate of drug-likeness (QED) is 0.846. The van der Waals surface area contributed by atoms with Crippen molar-refractivity contribution < 1.29 is 9.84 Å². The van der Waals surface area contributed by atoms with Gasteiger partial charge < -0.3 is 15.2 Å². The summed E-state index contributed by atoms with van der Waals surface area (Å²) in [4.78, 5) is 2.41. The maximum absolute atomic E-state index is 10.3. The maximum atomic E-state index is 10.3. The van der Waals surface area contributed by atoms with E-state index in [1.807, 2.05) is 12.1 Å². The Morgan fingerprint density at radius 2 is 2.19 bits per heavy atom. The molecule has 4 nitrogen and oxygen atoms in total. The zero-order valence-corrected chi connectivity index (χ0v) is 13.4. The van der Waals surface area contributed by atoms with E-state index in [1.165, 1.54) is 19.3 Å². The van der Waals surface area contributed by atoms with E-state index in [9.17, 15) is 5.11 Å². The number of hydrogen-bond acceptors (Lipinski definition) is 4. The lowest BCUT2D eigenvalue weighted by atomic mass is 10.0. The van der Waals surface area contributed by atoms with Crippen LogP contribution in [-0.2, 0) is 6.54 Å². The summed E-state index contributed by atoms with van der Waals surface area (Å²) in [5.74, 6) is 0.814. The van der Waals surface area contributed by atoms with Crippen molar-refractivity contribution in [2.45, 2.75) is 51.7 Å². The number of ether oxygens (including phenoxy) is 1. The molecule has 1 saturated heterocycles. The third-order valence-electron chi connectivity index (χ3n) is 4.27. The molecule has 1 heterocycles. The molecule has 1 aromatic rings. The van der Waals surface area contributed by atoms with Crippen LogP contribution in [0.5, 0.6) is 11.5 Å². The summed E-state index contributed by atoms with van der Waals surface area (Å²) in [6.45, 7) is 7.31. The zero-order chi connectivity index (χ0) is 15.2. The molecule has 1 unspecified atom stereocenters. The van der Waals surface area contributed by atoms with Crippen molar-refractivity contribution in [1.29, 1.82) is 0 Å². The van der Waals surface area contributed by atoms with Gasteiger partial charge in [-0.25, -0.2) is 0 Å². The highest BCUT2D eigenvalue weighted by molar-refractivity contribution is 5.45. The first-order valence-electron chi connectivity index (χ1n) is 7.94. The summed E-state index contributed by atoms with van der Waals surface area (Å²) in [6.07, 6.45) is 3.84.